The molecule has 5 heteroatoms. The van der Waals surface area contributed by atoms with Gasteiger partial charge in [0.15, 0.2) is 5.15 Å². The Labute approximate surface area is 97.1 Å². The Morgan fingerprint density at radius 2 is 2.20 bits per heavy atom. The van der Waals surface area contributed by atoms with Crippen LogP contribution in [0.15, 0.2) is 29.0 Å². The first-order chi connectivity index (χ1) is 7.34. The summed E-state index contributed by atoms with van der Waals surface area (Å²) in [4.78, 5) is 0. The maximum absolute atomic E-state index is 5.63. The molecule has 2 aromatic rings. The number of hydrogen-bond acceptors (Lipinski definition) is 4. The molecule has 2 rings (SSSR count). The highest BCUT2D eigenvalue weighted by Gasteiger charge is 1.96. The van der Waals surface area contributed by atoms with E-state index >= 15 is 0 Å². The first-order valence-corrected chi connectivity index (χ1v) is 5.91. The summed E-state index contributed by atoms with van der Waals surface area (Å²) in [7, 11) is 0. The fourth-order valence-electron chi connectivity index (χ4n) is 1.18. The molecule has 2 aromatic heterocycles. The van der Waals surface area contributed by atoms with Crippen molar-refractivity contribution in [3.05, 3.63) is 39.7 Å². The van der Waals surface area contributed by atoms with Crippen LogP contribution >= 0.6 is 22.9 Å². The van der Waals surface area contributed by atoms with Gasteiger partial charge in [0.2, 0.25) is 0 Å². The van der Waals surface area contributed by atoms with Crippen LogP contribution < -0.4 is 5.32 Å². The maximum atomic E-state index is 5.63. The molecule has 0 unspecified atom stereocenters. The van der Waals surface area contributed by atoms with Crippen molar-refractivity contribution in [3.8, 4) is 0 Å². The molecule has 0 spiro atoms. The van der Waals surface area contributed by atoms with Crippen molar-refractivity contribution in [1.82, 2.24) is 10.2 Å². The molecule has 1 N–H and O–H groups in total. The summed E-state index contributed by atoms with van der Waals surface area (Å²) in [6.07, 6.45) is 0.994. The van der Waals surface area contributed by atoms with Gasteiger partial charge in [0.1, 0.15) is 5.82 Å². The minimum Gasteiger partial charge on any atom is -0.368 e. The topological polar surface area (TPSA) is 37.8 Å². The predicted molar refractivity (Wildman–Crippen MR) is 63.6 cm³/mol. The molecule has 0 aromatic carbocycles. The van der Waals surface area contributed by atoms with Gasteiger partial charge in [-0.1, -0.05) is 11.6 Å². The van der Waals surface area contributed by atoms with Crippen molar-refractivity contribution in [2.75, 3.05) is 11.9 Å². The summed E-state index contributed by atoms with van der Waals surface area (Å²) in [6, 6.07) is 5.67. The van der Waals surface area contributed by atoms with Crippen molar-refractivity contribution in [1.29, 1.82) is 0 Å². The van der Waals surface area contributed by atoms with Crippen LogP contribution in [-0.2, 0) is 6.42 Å². The van der Waals surface area contributed by atoms with E-state index in [9.17, 15) is 0 Å². The van der Waals surface area contributed by atoms with Crippen molar-refractivity contribution >= 4 is 28.8 Å². The summed E-state index contributed by atoms with van der Waals surface area (Å²) in [6.45, 7) is 0.854. The summed E-state index contributed by atoms with van der Waals surface area (Å²) in [5.74, 6) is 0.759. The largest absolute Gasteiger partial charge is 0.368 e. The molecule has 0 aliphatic heterocycles. The number of thiophene rings is 1. The van der Waals surface area contributed by atoms with Crippen molar-refractivity contribution in [2.24, 2.45) is 0 Å². The van der Waals surface area contributed by atoms with E-state index in [1.54, 1.807) is 17.4 Å². The third kappa shape index (κ3) is 3.18. The Hall–Kier alpha value is -1.13. The molecule has 0 amide bonds. The Morgan fingerprint density at radius 3 is 2.87 bits per heavy atom. The molecule has 0 saturated heterocycles. The van der Waals surface area contributed by atoms with Gasteiger partial charge in [0.25, 0.3) is 0 Å². The van der Waals surface area contributed by atoms with Crippen molar-refractivity contribution in [3.63, 3.8) is 0 Å². The molecule has 0 aliphatic rings. The zero-order valence-electron chi connectivity index (χ0n) is 7.98. The zero-order valence-corrected chi connectivity index (χ0v) is 9.55. The van der Waals surface area contributed by atoms with E-state index in [0.717, 1.165) is 18.8 Å². The highest BCUT2D eigenvalue weighted by Crippen LogP contribution is 2.08. The fraction of sp³-hybridized carbons (Fsp3) is 0.200. The number of nitrogens with zero attached hydrogens (tertiary/aromatic N) is 2. The van der Waals surface area contributed by atoms with Gasteiger partial charge in [-0.05, 0) is 40.9 Å². The van der Waals surface area contributed by atoms with Crippen LogP contribution in [0.2, 0.25) is 5.15 Å². The van der Waals surface area contributed by atoms with E-state index < -0.39 is 0 Å². The van der Waals surface area contributed by atoms with Crippen molar-refractivity contribution < 1.29 is 0 Å². The standard InChI is InChI=1S/C10H10ClN3S/c11-9-1-2-10(14-13-9)12-5-3-8-4-6-15-7-8/h1-2,4,6-7H,3,5H2,(H,12,14). The van der Waals surface area contributed by atoms with E-state index in [-0.39, 0.29) is 0 Å². The fourth-order valence-corrected chi connectivity index (χ4v) is 1.98. The number of nitrogens with one attached hydrogen (secondary N) is 1. The third-order valence-electron chi connectivity index (χ3n) is 1.93. The lowest BCUT2D eigenvalue weighted by atomic mass is 10.2. The first kappa shape index (κ1) is 10.4. The number of anilines is 1. The quantitative estimate of drug-likeness (QED) is 0.892. The molecule has 15 heavy (non-hydrogen) atoms. The van der Waals surface area contributed by atoms with Gasteiger partial charge in [-0.2, -0.15) is 11.3 Å². The molecule has 0 radical (unpaired) electrons. The SMILES string of the molecule is Clc1ccc(NCCc2ccsc2)nn1. The second kappa shape index (κ2) is 5.09. The number of rotatable bonds is 4. The molecule has 78 valence electrons. The van der Waals surface area contributed by atoms with Crippen molar-refractivity contribution in [2.45, 2.75) is 6.42 Å². The van der Waals surface area contributed by atoms with Gasteiger partial charge in [0.05, 0.1) is 0 Å². The minimum absolute atomic E-state index is 0.415. The molecule has 3 nitrogen and oxygen atoms in total. The van der Waals surface area contributed by atoms with Gasteiger partial charge < -0.3 is 5.32 Å². The molecule has 0 fully saturated rings. The molecule has 0 saturated carbocycles. The van der Waals surface area contributed by atoms with Gasteiger partial charge in [-0.25, -0.2) is 0 Å². The summed E-state index contributed by atoms with van der Waals surface area (Å²) >= 11 is 7.34. The van der Waals surface area contributed by atoms with Gasteiger partial charge >= 0.3 is 0 Å². The lowest BCUT2D eigenvalue weighted by Gasteiger charge is -2.02. The van der Waals surface area contributed by atoms with E-state index in [1.165, 1.54) is 5.56 Å². The molecule has 0 aliphatic carbocycles. The molecule has 2 heterocycles. The summed E-state index contributed by atoms with van der Waals surface area (Å²) in [5.41, 5.74) is 1.34. The first-order valence-electron chi connectivity index (χ1n) is 4.59. The smallest absolute Gasteiger partial charge is 0.151 e. The van der Waals surface area contributed by atoms with E-state index in [0.29, 0.717) is 5.15 Å². The van der Waals surface area contributed by atoms with Crippen LogP contribution in [0.1, 0.15) is 5.56 Å². The average Bonchev–Trinajstić information content (AvgIpc) is 2.74. The Morgan fingerprint density at radius 1 is 1.27 bits per heavy atom. The minimum atomic E-state index is 0.415. The maximum Gasteiger partial charge on any atom is 0.151 e. The third-order valence-corrected chi connectivity index (χ3v) is 2.87. The predicted octanol–water partition coefficient (Wildman–Crippen LogP) is 2.85. The Bertz CT molecular complexity index is 399. The van der Waals surface area contributed by atoms with Gasteiger partial charge in [-0.15, -0.1) is 10.2 Å². The second-order valence-corrected chi connectivity index (χ2v) is 4.22. The lowest BCUT2D eigenvalue weighted by Crippen LogP contribution is -2.06. The monoisotopic (exact) mass is 239 g/mol. The number of halogens is 1. The van der Waals surface area contributed by atoms with Crippen LogP contribution in [0, 0.1) is 0 Å². The molecule has 0 atom stereocenters. The lowest BCUT2D eigenvalue weighted by molar-refractivity contribution is 0.970. The normalized spacial score (nSPS) is 10.2. The number of hydrogen-bond donors (Lipinski definition) is 1. The van der Waals surface area contributed by atoms with Crippen LogP contribution in [0.5, 0.6) is 0 Å². The van der Waals surface area contributed by atoms with Gasteiger partial charge in [-0.3, -0.25) is 0 Å². The average molecular weight is 240 g/mol. The molecular weight excluding hydrogens is 230 g/mol. The Kier molecular flexibility index (Phi) is 3.53. The van der Waals surface area contributed by atoms with E-state index in [1.807, 2.05) is 6.07 Å². The molecule has 0 bridgehead atoms. The molecular formula is C10H10ClN3S. The van der Waals surface area contributed by atoms with E-state index in [2.05, 4.69) is 32.3 Å². The van der Waals surface area contributed by atoms with E-state index in [4.69, 9.17) is 11.6 Å². The highest BCUT2D eigenvalue weighted by atomic mass is 35.5. The van der Waals surface area contributed by atoms with Crippen LogP contribution in [0.25, 0.3) is 0 Å². The highest BCUT2D eigenvalue weighted by molar-refractivity contribution is 7.07. The van der Waals surface area contributed by atoms with Crippen LogP contribution in [0.3, 0.4) is 0 Å². The summed E-state index contributed by atoms with van der Waals surface area (Å²) in [5, 5.41) is 15.5. The summed E-state index contributed by atoms with van der Waals surface area (Å²) < 4.78 is 0. The Balaban J connectivity index is 1.81. The second-order valence-electron chi connectivity index (χ2n) is 3.05. The van der Waals surface area contributed by atoms with Crippen LogP contribution in [-0.4, -0.2) is 16.7 Å². The van der Waals surface area contributed by atoms with Gasteiger partial charge in [0, 0.05) is 6.54 Å². The number of aromatic nitrogens is 2. The zero-order chi connectivity index (χ0) is 10.5. The van der Waals surface area contributed by atoms with Crippen LogP contribution in [0.4, 0.5) is 5.82 Å².